The molecule has 21 heavy (non-hydrogen) atoms. The first-order valence-electron chi connectivity index (χ1n) is 6.73. The Morgan fingerprint density at radius 1 is 0.810 bits per heavy atom. The van der Waals surface area contributed by atoms with E-state index in [1.54, 1.807) is 21.3 Å². The normalized spacial score (nSPS) is 11.8. The van der Waals surface area contributed by atoms with Crippen molar-refractivity contribution in [2.75, 3.05) is 21.3 Å². The van der Waals surface area contributed by atoms with Gasteiger partial charge >= 0.3 is 0 Å². The molecule has 0 radical (unpaired) electrons. The maximum Gasteiger partial charge on any atom is 0.214 e. The minimum absolute atomic E-state index is 0.833. The van der Waals surface area contributed by atoms with E-state index in [1.807, 2.05) is 66.7 Å². The van der Waals surface area contributed by atoms with Gasteiger partial charge in [0.15, 0.2) is 0 Å². The second kappa shape index (κ2) is 7.07. The Balaban J connectivity index is 2.28. The van der Waals surface area contributed by atoms with Crippen molar-refractivity contribution in [2.45, 2.75) is 5.79 Å². The number of hydrogen-bond donors (Lipinski definition) is 0. The maximum absolute atomic E-state index is 5.61. The first kappa shape index (κ1) is 15.3. The van der Waals surface area contributed by atoms with E-state index >= 15 is 0 Å². The molecule has 110 valence electrons. The van der Waals surface area contributed by atoms with Crippen LogP contribution in [0.15, 0.2) is 60.7 Å². The van der Waals surface area contributed by atoms with Crippen molar-refractivity contribution in [3.05, 3.63) is 71.8 Å². The summed E-state index contributed by atoms with van der Waals surface area (Å²) in [5, 5.41) is 0. The predicted octanol–water partition coefficient (Wildman–Crippen LogP) is 3.85. The molecule has 0 aliphatic rings. The van der Waals surface area contributed by atoms with Crippen LogP contribution in [0.25, 0.3) is 6.08 Å². The number of hydrogen-bond acceptors (Lipinski definition) is 3. The zero-order valence-electron chi connectivity index (χ0n) is 12.6. The highest BCUT2D eigenvalue weighted by Gasteiger charge is 2.28. The third-order valence-electron chi connectivity index (χ3n) is 3.39. The van der Waals surface area contributed by atoms with Crippen molar-refractivity contribution in [3.63, 3.8) is 0 Å². The zero-order chi connectivity index (χ0) is 15.1. The van der Waals surface area contributed by atoms with Crippen LogP contribution >= 0.6 is 0 Å². The molecule has 0 fully saturated rings. The number of benzene rings is 2. The van der Waals surface area contributed by atoms with Crippen LogP contribution in [-0.2, 0) is 15.3 Å². The quantitative estimate of drug-likeness (QED) is 0.754. The molecule has 0 aliphatic carbocycles. The van der Waals surface area contributed by atoms with E-state index in [0.717, 1.165) is 16.9 Å². The molecule has 0 saturated heterocycles. The Morgan fingerprint density at radius 3 is 1.95 bits per heavy atom. The Morgan fingerprint density at radius 2 is 1.43 bits per heavy atom. The van der Waals surface area contributed by atoms with Crippen molar-refractivity contribution in [1.82, 2.24) is 0 Å². The summed E-state index contributed by atoms with van der Waals surface area (Å²) in [6, 6.07) is 17.6. The first-order chi connectivity index (χ1) is 10.2. The van der Waals surface area contributed by atoms with Crippen LogP contribution in [0, 0.1) is 0 Å². The molecule has 0 aliphatic heterocycles. The van der Waals surface area contributed by atoms with Crippen LogP contribution in [0.1, 0.15) is 11.1 Å². The van der Waals surface area contributed by atoms with Crippen molar-refractivity contribution >= 4 is 6.08 Å². The molecule has 0 aromatic heterocycles. The van der Waals surface area contributed by atoms with Crippen LogP contribution in [0.2, 0.25) is 0 Å². The molecule has 3 heteroatoms. The minimum atomic E-state index is -0.888. The second-order valence-corrected chi connectivity index (χ2v) is 4.55. The SMILES string of the molecule is COc1ccc(C=CC(OC)(OC)c2ccccc2)cc1. The monoisotopic (exact) mass is 284 g/mol. The molecule has 0 spiro atoms. The molecule has 0 atom stereocenters. The lowest BCUT2D eigenvalue weighted by Gasteiger charge is -2.28. The summed E-state index contributed by atoms with van der Waals surface area (Å²) in [5.41, 5.74) is 1.99. The van der Waals surface area contributed by atoms with Gasteiger partial charge in [-0.05, 0) is 23.8 Å². The predicted molar refractivity (Wildman–Crippen MR) is 84.2 cm³/mol. The number of rotatable bonds is 6. The topological polar surface area (TPSA) is 27.7 Å². The molecule has 2 aromatic carbocycles. The molecule has 3 nitrogen and oxygen atoms in total. The Hall–Kier alpha value is -2.10. The summed E-state index contributed by atoms with van der Waals surface area (Å²) in [7, 11) is 4.92. The molecule has 0 heterocycles. The Labute approximate surface area is 125 Å². The van der Waals surface area contributed by atoms with Gasteiger partial charge in [0.25, 0.3) is 0 Å². The standard InChI is InChI=1S/C18H20O3/c1-19-17-11-9-15(10-12-17)13-14-18(20-2,21-3)16-7-5-4-6-8-16/h4-14H,1-3H3. The molecule has 0 saturated carbocycles. The van der Waals surface area contributed by atoms with Gasteiger partial charge in [0.2, 0.25) is 5.79 Å². The summed E-state index contributed by atoms with van der Waals surface area (Å²) < 4.78 is 16.4. The fraction of sp³-hybridized carbons (Fsp3) is 0.222. The fourth-order valence-electron chi connectivity index (χ4n) is 2.14. The van der Waals surface area contributed by atoms with Gasteiger partial charge in [-0.15, -0.1) is 0 Å². The minimum Gasteiger partial charge on any atom is -0.497 e. The lowest BCUT2D eigenvalue weighted by molar-refractivity contribution is -0.177. The van der Waals surface area contributed by atoms with Crippen LogP contribution in [0.3, 0.4) is 0 Å². The van der Waals surface area contributed by atoms with Gasteiger partial charge in [-0.2, -0.15) is 0 Å². The summed E-state index contributed by atoms with van der Waals surface area (Å²) in [6.45, 7) is 0. The van der Waals surface area contributed by atoms with E-state index in [-0.39, 0.29) is 0 Å². The summed E-state index contributed by atoms with van der Waals surface area (Å²) in [4.78, 5) is 0. The van der Waals surface area contributed by atoms with E-state index in [9.17, 15) is 0 Å². The van der Waals surface area contributed by atoms with Gasteiger partial charge in [-0.1, -0.05) is 48.5 Å². The average molecular weight is 284 g/mol. The maximum atomic E-state index is 5.61. The van der Waals surface area contributed by atoms with E-state index in [1.165, 1.54) is 0 Å². The van der Waals surface area contributed by atoms with Gasteiger partial charge in [-0.25, -0.2) is 0 Å². The largest absolute Gasteiger partial charge is 0.497 e. The van der Waals surface area contributed by atoms with E-state index in [0.29, 0.717) is 0 Å². The molecule has 0 amide bonds. The highest BCUT2D eigenvalue weighted by Crippen LogP contribution is 2.28. The molecule has 0 bridgehead atoms. The smallest absolute Gasteiger partial charge is 0.214 e. The Kier molecular flexibility index (Phi) is 5.14. The van der Waals surface area contributed by atoms with Crippen LogP contribution in [-0.4, -0.2) is 21.3 Å². The van der Waals surface area contributed by atoms with Crippen molar-refractivity contribution in [1.29, 1.82) is 0 Å². The van der Waals surface area contributed by atoms with Crippen LogP contribution in [0.5, 0.6) is 5.75 Å². The van der Waals surface area contributed by atoms with E-state index in [2.05, 4.69) is 0 Å². The highest BCUT2D eigenvalue weighted by atomic mass is 16.7. The number of methoxy groups -OCH3 is 3. The van der Waals surface area contributed by atoms with Gasteiger partial charge in [0.1, 0.15) is 5.75 Å². The van der Waals surface area contributed by atoms with Crippen LogP contribution in [0.4, 0.5) is 0 Å². The van der Waals surface area contributed by atoms with Gasteiger partial charge in [-0.3, -0.25) is 0 Å². The van der Waals surface area contributed by atoms with Crippen LogP contribution < -0.4 is 4.74 Å². The second-order valence-electron chi connectivity index (χ2n) is 4.55. The summed E-state index contributed by atoms with van der Waals surface area (Å²) in [6.07, 6.45) is 3.88. The first-order valence-corrected chi connectivity index (χ1v) is 6.73. The van der Waals surface area contributed by atoms with E-state index in [4.69, 9.17) is 14.2 Å². The van der Waals surface area contributed by atoms with Gasteiger partial charge < -0.3 is 14.2 Å². The lowest BCUT2D eigenvalue weighted by Crippen LogP contribution is -2.28. The zero-order valence-corrected chi connectivity index (χ0v) is 12.6. The van der Waals surface area contributed by atoms with Crippen molar-refractivity contribution < 1.29 is 14.2 Å². The molecular formula is C18H20O3. The summed E-state index contributed by atoms with van der Waals surface area (Å²) in [5.74, 6) is -0.0544. The molecule has 2 aromatic rings. The lowest BCUT2D eigenvalue weighted by atomic mass is 10.0. The van der Waals surface area contributed by atoms with Gasteiger partial charge in [0.05, 0.1) is 7.11 Å². The van der Waals surface area contributed by atoms with Crippen molar-refractivity contribution in [2.24, 2.45) is 0 Å². The molecule has 0 N–H and O–H groups in total. The van der Waals surface area contributed by atoms with E-state index < -0.39 is 5.79 Å². The molecule has 2 rings (SSSR count). The van der Waals surface area contributed by atoms with Crippen molar-refractivity contribution in [3.8, 4) is 5.75 Å². The Bertz CT molecular complexity index is 569. The third-order valence-corrected chi connectivity index (χ3v) is 3.39. The third kappa shape index (κ3) is 3.51. The fourth-order valence-corrected chi connectivity index (χ4v) is 2.14. The van der Waals surface area contributed by atoms with Gasteiger partial charge in [0, 0.05) is 19.8 Å². The highest BCUT2D eigenvalue weighted by molar-refractivity contribution is 5.52. The summed E-state index contributed by atoms with van der Waals surface area (Å²) >= 11 is 0. The molecular weight excluding hydrogens is 264 g/mol. The number of ether oxygens (including phenoxy) is 3. The average Bonchev–Trinajstić information content (AvgIpc) is 2.58. The molecule has 0 unspecified atom stereocenters.